The van der Waals surface area contributed by atoms with Crippen LogP contribution in [-0.2, 0) is 10.0 Å². The number of hydrogen-bond acceptors (Lipinski definition) is 4. The maximum atomic E-state index is 12.3. The standard InChI is InChI=1S/C15H10BrNO3S2/c16-10-7-5-9(6-8-10)13-11-3-1-2-4-12(11)21-15(18)14(13)22(17,19)20/h1-8H,(H2,17,19,20). The average Bonchev–Trinajstić information content (AvgIpc) is 2.45. The van der Waals surface area contributed by atoms with Gasteiger partial charge in [-0.1, -0.05) is 57.6 Å². The highest BCUT2D eigenvalue weighted by molar-refractivity contribution is 9.10. The van der Waals surface area contributed by atoms with E-state index in [2.05, 4.69) is 15.9 Å². The number of primary sulfonamides is 1. The van der Waals surface area contributed by atoms with Gasteiger partial charge in [0.25, 0.3) is 4.74 Å². The molecule has 0 saturated carbocycles. The number of benzene rings is 2. The van der Waals surface area contributed by atoms with Crippen LogP contribution in [0.15, 0.2) is 62.7 Å². The van der Waals surface area contributed by atoms with Crippen LogP contribution in [0, 0.1) is 0 Å². The summed E-state index contributed by atoms with van der Waals surface area (Å²) in [5.74, 6) is 0. The molecule has 22 heavy (non-hydrogen) atoms. The zero-order valence-corrected chi connectivity index (χ0v) is 14.3. The Labute approximate surface area is 139 Å². The first kappa shape index (κ1) is 15.4. The Morgan fingerprint density at radius 1 is 1.00 bits per heavy atom. The molecular formula is C15H10BrNO3S2. The third kappa shape index (κ3) is 2.72. The van der Waals surface area contributed by atoms with Crippen LogP contribution in [0.2, 0.25) is 0 Å². The van der Waals surface area contributed by atoms with E-state index in [1.165, 1.54) is 0 Å². The molecule has 3 rings (SSSR count). The number of rotatable bonds is 2. The van der Waals surface area contributed by atoms with Crippen LogP contribution in [-0.4, -0.2) is 8.42 Å². The number of sulfonamides is 1. The molecule has 2 aromatic carbocycles. The monoisotopic (exact) mass is 395 g/mol. The lowest BCUT2D eigenvalue weighted by Crippen LogP contribution is -2.21. The van der Waals surface area contributed by atoms with Crippen molar-refractivity contribution in [2.24, 2.45) is 5.14 Å². The molecule has 3 aromatic rings. The molecule has 2 N–H and O–H groups in total. The molecule has 0 unspecified atom stereocenters. The largest absolute Gasteiger partial charge is 0.276 e. The van der Waals surface area contributed by atoms with E-state index < -0.39 is 14.8 Å². The summed E-state index contributed by atoms with van der Waals surface area (Å²) in [7, 11) is -4.13. The van der Waals surface area contributed by atoms with Crippen molar-refractivity contribution >= 4 is 47.4 Å². The first-order valence-electron chi connectivity index (χ1n) is 6.22. The summed E-state index contributed by atoms with van der Waals surface area (Å²) in [5.41, 5.74) is 0.989. The van der Waals surface area contributed by atoms with Gasteiger partial charge in [-0.05, 0) is 23.8 Å². The van der Waals surface area contributed by atoms with E-state index in [0.717, 1.165) is 20.5 Å². The maximum absolute atomic E-state index is 12.3. The lowest BCUT2D eigenvalue weighted by molar-refractivity contribution is 0.598. The second kappa shape index (κ2) is 5.58. The molecule has 0 saturated heterocycles. The Kier molecular flexibility index (Phi) is 3.90. The molecular weight excluding hydrogens is 386 g/mol. The maximum Gasteiger partial charge on any atom is 0.253 e. The van der Waals surface area contributed by atoms with Gasteiger partial charge in [-0.3, -0.25) is 4.79 Å². The van der Waals surface area contributed by atoms with Gasteiger partial charge in [0.1, 0.15) is 4.90 Å². The minimum absolute atomic E-state index is 0.349. The summed E-state index contributed by atoms with van der Waals surface area (Å²) in [6, 6.07) is 14.3. The van der Waals surface area contributed by atoms with Gasteiger partial charge in [0.2, 0.25) is 10.0 Å². The van der Waals surface area contributed by atoms with Crippen molar-refractivity contribution in [2.75, 3.05) is 0 Å². The Hall–Kier alpha value is -1.54. The summed E-state index contributed by atoms with van der Waals surface area (Å²) in [6.07, 6.45) is 0. The molecule has 1 aromatic heterocycles. The van der Waals surface area contributed by atoms with Crippen molar-refractivity contribution in [1.82, 2.24) is 0 Å². The highest BCUT2D eigenvalue weighted by atomic mass is 79.9. The van der Waals surface area contributed by atoms with E-state index in [-0.39, 0.29) is 4.90 Å². The van der Waals surface area contributed by atoms with Crippen molar-refractivity contribution in [1.29, 1.82) is 0 Å². The molecule has 0 bridgehead atoms. The SMILES string of the molecule is NS(=O)(=O)c1c(-c2ccc(Br)cc2)c2ccccc2sc1=O. The number of nitrogens with two attached hydrogens (primary N) is 1. The molecule has 0 aliphatic rings. The van der Waals surface area contributed by atoms with Crippen LogP contribution in [0.1, 0.15) is 0 Å². The van der Waals surface area contributed by atoms with E-state index in [0.29, 0.717) is 16.5 Å². The first-order valence-corrected chi connectivity index (χ1v) is 9.38. The zero-order chi connectivity index (χ0) is 15.9. The molecule has 112 valence electrons. The van der Waals surface area contributed by atoms with Crippen molar-refractivity contribution < 1.29 is 8.42 Å². The lowest BCUT2D eigenvalue weighted by Gasteiger charge is -2.11. The minimum Gasteiger partial charge on any atom is -0.276 e. The van der Waals surface area contributed by atoms with Crippen LogP contribution in [0.5, 0.6) is 0 Å². The van der Waals surface area contributed by atoms with Crippen LogP contribution < -0.4 is 9.88 Å². The molecule has 1 heterocycles. The zero-order valence-electron chi connectivity index (χ0n) is 11.1. The lowest BCUT2D eigenvalue weighted by atomic mass is 10.0. The Bertz CT molecular complexity index is 1020. The molecule has 0 fully saturated rings. The van der Waals surface area contributed by atoms with E-state index in [1.54, 1.807) is 48.5 Å². The summed E-state index contributed by atoms with van der Waals surface area (Å²) >= 11 is 4.22. The smallest absolute Gasteiger partial charge is 0.253 e. The fourth-order valence-corrected chi connectivity index (χ4v) is 4.60. The van der Waals surface area contributed by atoms with Crippen LogP contribution in [0.4, 0.5) is 0 Å². The molecule has 0 spiro atoms. The second-order valence-corrected chi connectivity index (χ2v) is 8.07. The van der Waals surface area contributed by atoms with Gasteiger partial charge in [-0.25, -0.2) is 13.6 Å². The van der Waals surface area contributed by atoms with Crippen molar-refractivity contribution in [3.8, 4) is 11.1 Å². The van der Waals surface area contributed by atoms with Gasteiger partial charge >= 0.3 is 0 Å². The van der Waals surface area contributed by atoms with Gasteiger partial charge in [-0.2, -0.15) is 0 Å². The van der Waals surface area contributed by atoms with Gasteiger partial charge < -0.3 is 0 Å². The fourth-order valence-electron chi connectivity index (χ4n) is 2.29. The summed E-state index contributed by atoms with van der Waals surface area (Å²) in [4.78, 5) is 11.9. The predicted octanol–water partition coefficient (Wildman–Crippen LogP) is 3.34. The highest BCUT2D eigenvalue weighted by Gasteiger charge is 2.23. The van der Waals surface area contributed by atoms with Crippen LogP contribution >= 0.6 is 27.3 Å². The van der Waals surface area contributed by atoms with Gasteiger partial charge in [0, 0.05) is 20.1 Å². The third-order valence-electron chi connectivity index (χ3n) is 3.19. The summed E-state index contributed by atoms with van der Waals surface area (Å²) < 4.78 is 24.9. The van der Waals surface area contributed by atoms with Crippen molar-refractivity contribution in [2.45, 2.75) is 4.90 Å². The third-order valence-corrected chi connectivity index (χ3v) is 5.77. The number of hydrogen-bond donors (Lipinski definition) is 1. The van der Waals surface area contributed by atoms with Crippen LogP contribution in [0.3, 0.4) is 0 Å². The van der Waals surface area contributed by atoms with E-state index in [9.17, 15) is 13.2 Å². The Morgan fingerprint density at radius 3 is 2.27 bits per heavy atom. The number of fused-ring (bicyclic) bond motifs is 1. The van der Waals surface area contributed by atoms with Crippen molar-refractivity contribution in [3.05, 3.63) is 62.5 Å². The topological polar surface area (TPSA) is 77.2 Å². The van der Waals surface area contributed by atoms with Gasteiger partial charge in [0.05, 0.1) is 0 Å². The minimum atomic E-state index is -4.13. The first-order chi connectivity index (χ1) is 10.4. The number of halogens is 1. The summed E-state index contributed by atoms with van der Waals surface area (Å²) in [6.45, 7) is 0. The molecule has 0 amide bonds. The van der Waals surface area contributed by atoms with E-state index >= 15 is 0 Å². The van der Waals surface area contributed by atoms with E-state index in [1.807, 2.05) is 0 Å². The second-order valence-electron chi connectivity index (χ2n) is 4.64. The highest BCUT2D eigenvalue weighted by Crippen LogP contribution is 2.34. The van der Waals surface area contributed by atoms with Gasteiger partial charge in [-0.15, -0.1) is 0 Å². The molecule has 0 aliphatic carbocycles. The average molecular weight is 396 g/mol. The van der Waals surface area contributed by atoms with Crippen LogP contribution in [0.25, 0.3) is 21.2 Å². The predicted molar refractivity (Wildman–Crippen MR) is 92.6 cm³/mol. The van der Waals surface area contributed by atoms with E-state index in [4.69, 9.17) is 5.14 Å². The molecule has 0 radical (unpaired) electrons. The Morgan fingerprint density at radius 2 is 1.64 bits per heavy atom. The molecule has 7 heteroatoms. The molecule has 4 nitrogen and oxygen atoms in total. The fraction of sp³-hybridized carbons (Fsp3) is 0. The normalized spacial score (nSPS) is 11.7. The Balaban J connectivity index is 2.54. The molecule has 0 aliphatic heterocycles. The molecule has 0 atom stereocenters. The van der Waals surface area contributed by atoms with Crippen molar-refractivity contribution in [3.63, 3.8) is 0 Å². The quantitative estimate of drug-likeness (QED) is 0.722. The summed E-state index contributed by atoms with van der Waals surface area (Å²) in [5, 5.41) is 5.98. The van der Waals surface area contributed by atoms with Gasteiger partial charge in [0.15, 0.2) is 0 Å².